The molecule has 0 amide bonds. The minimum absolute atomic E-state index is 0.159. The first-order valence-electron chi connectivity index (χ1n) is 7.00. The fourth-order valence-corrected chi connectivity index (χ4v) is 1.63. The van der Waals surface area contributed by atoms with Crippen LogP contribution in [0.4, 0.5) is 11.6 Å². The van der Waals surface area contributed by atoms with Crippen LogP contribution in [0, 0.1) is 6.92 Å². The third-order valence-electron chi connectivity index (χ3n) is 3.01. The summed E-state index contributed by atoms with van der Waals surface area (Å²) in [6.07, 6.45) is 2.07. The van der Waals surface area contributed by atoms with Gasteiger partial charge >= 0.3 is 0 Å². The Bertz CT molecular complexity index is 395. The molecule has 0 spiro atoms. The van der Waals surface area contributed by atoms with Crippen LogP contribution in [0.3, 0.4) is 0 Å². The zero-order valence-electron chi connectivity index (χ0n) is 12.7. The van der Waals surface area contributed by atoms with Gasteiger partial charge in [0.1, 0.15) is 17.5 Å². The third kappa shape index (κ3) is 4.67. The van der Waals surface area contributed by atoms with Gasteiger partial charge in [-0.1, -0.05) is 13.8 Å². The van der Waals surface area contributed by atoms with Crippen LogP contribution in [0.25, 0.3) is 0 Å². The molecule has 0 fully saturated rings. The first kappa shape index (κ1) is 15.7. The molecule has 0 radical (unpaired) electrons. The molecule has 0 saturated carbocycles. The first-order valence-corrected chi connectivity index (χ1v) is 7.00. The van der Waals surface area contributed by atoms with Crippen molar-refractivity contribution in [2.24, 2.45) is 0 Å². The Hall–Kier alpha value is -1.36. The van der Waals surface area contributed by atoms with Crippen molar-refractivity contribution in [3.8, 4) is 0 Å². The Morgan fingerprint density at radius 1 is 1.16 bits per heavy atom. The van der Waals surface area contributed by atoms with Gasteiger partial charge in [0, 0.05) is 32.2 Å². The minimum atomic E-state index is 0.159. The number of hydrogen-bond acceptors (Lipinski definition) is 5. The Balaban J connectivity index is 2.88. The summed E-state index contributed by atoms with van der Waals surface area (Å²) in [5.41, 5.74) is 1.06. The zero-order chi connectivity index (χ0) is 14.3. The van der Waals surface area contributed by atoms with Crippen molar-refractivity contribution in [1.82, 2.24) is 9.97 Å². The third-order valence-corrected chi connectivity index (χ3v) is 3.01. The van der Waals surface area contributed by atoms with Crippen LogP contribution in [0.15, 0.2) is 0 Å². The number of anilines is 2. The van der Waals surface area contributed by atoms with Crippen LogP contribution in [0.2, 0.25) is 0 Å². The molecule has 1 aromatic heterocycles. The number of aryl methyl sites for hydroxylation is 1. The van der Waals surface area contributed by atoms with Crippen LogP contribution in [0.5, 0.6) is 0 Å². The second kappa shape index (κ2) is 7.94. The highest BCUT2D eigenvalue weighted by Gasteiger charge is 2.10. The fraction of sp³-hybridized carbons (Fsp3) is 0.714. The van der Waals surface area contributed by atoms with Gasteiger partial charge < -0.3 is 15.4 Å². The monoisotopic (exact) mass is 266 g/mol. The molecule has 1 rings (SSSR count). The van der Waals surface area contributed by atoms with E-state index in [4.69, 9.17) is 4.74 Å². The van der Waals surface area contributed by atoms with E-state index in [0.29, 0.717) is 0 Å². The van der Waals surface area contributed by atoms with Crippen molar-refractivity contribution in [3.05, 3.63) is 11.4 Å². The number of ether oxygens (including phenoxy) is 1. The molecular formula is C14H26N4O. The maximum absolute atomic E-state index is 5.24. The van der Waals surface area contributed by atoms with Gasteiger partial charge in [0.15, 0.2) is 0 Å². The Morgan fingerprint density at radius 2 is 1.79 bits per heavy atom. The molecule has 1 unspecified atom stereocenters. The summed E-state index contributed by atoms with van der Waals surface area (Å²) < 4.78 is 5.24. The van der Waals surface area contributed by atoms with Gasteiger partial charge in [0.2, 0.25) is 0 Å². The Kier molecular flexibility index (Phi) is 6.56. The lowest BCUT2D eigenvalue weighted by Crippen LogP contribution is -2.20. The van der Waals surface area contributed by atoms with Crippen LogP contribution >= 0.6 is 0 Å². The van der Waals surface area contributed by atoms with Gasteiger partial charge in [-0.3, -0.25) is 0 Å². The SMILES string of the molecule is CCCNc1nc(CC)nc(NCC(C)OC)c1C. The van der Waals surface area contributed by atoms with Gasteiger partial charge in [-0.2, -0.15) is 0 Å². The average Bonchev–Trinajstić information content (AvgIpc) is 2.44. The lowest BCUT2D eigenvalue weighted by atomic mass is 10.2. The van der Waals surface area contributed by atoms with E-state index in [2.05, 4.69) is 34.4 Å². The molecule has 108 valence electrons. The summed E-state index contributed by atoms with van der Waals surface area (Å²) in [6, 6.07) is 0. The highest BCUT2D eigenvalue weighted by atomic mass is 16.5. The summed E-state index contributed by atoms with van der Waals surface area (Å²) >= 11 is 0. The van der Waals surface area contributed by atoms with E-state index < -0.39 is 0 Å². The van der Waals surface area contributed by atoms with Crippen molar-refractivity contribution in [2.45, 2.75) is 46.6 Å². The molecule has 1 atom stereocenters. The van der Waals surface area contributed by atoms with E-state index in [1.54, 1.807) is 7.11 Å². The smallest absolute Gasteiger partial charge is 0.134 e. The molecule has 0 aliphatic rings. The molecule has 0 aromatic carbocycles. The number of methoxy groups -OCH3 is 1. The van der Waals surface area contributed by atoms with Crippen LogP contribution < -0.4 is 10.6 Å². The van der Waals surface area contributed by atoms with Gasteiger partial charge in [-0.25, -0.2) is 9.97 Å². The normalized spacial score (nSPS) is 12.3. The maximum Gasteiger partial charge on any atom is 0.134 e. The average molecular weight is 266 g/mol. The number of aromatic nitrogens is 2. The number of rotatable bonds is 8. The highest BCUT2D eigenvalue weighted by molar-refractivity contribution is 5.57. The van der Waals surface area contributed by atoms with E-state index in [1.807, 2.05) is 13.8 Å². The lowest BCUT2D eigenvalue weighted by Gasteiger charge is -2.16. The second-order valence-corrected chi connectivity index (χ2v) is 4.67. The van der Waals surface area contributed by atoms with Crippen molar-refractivity contribution >= 4 is 11.6 Å². The van der Waals surface area contributed by atoms with E-state index in [-0.39, 0.29) is 6.10 Å². The summed E-state index contributed by atoms with van der Waals surface area (Å²) in [5, 5.41) is 6.70. The topological polar surface area (TPSA) is 59.1 Å². The number of nitrogens with one attached hydrogen (secondary N) is 2. The first-order chi connectivity index (χ1) is 9.12. The minimum Gasteiger partial charge on any atom is -0.380 e. The standard InChI is InChI=1S/C14H26N4O/c1-6-8-15-13-11(4)14(16-9-10(3)19-5)18-12(7-2)17-13/h10H,6-9H2,1-5H3,(H2,15,16,17,18). The van der Waals surface area contributed by atoms with Gasteiger partial charge in [0.25, 0.3) is 0 Å². The molecule has 1 heterocycles. The van der Waals surface area contributed by atoms with Gasteiger partial charge in [0.05, 0.1) is 6.10 Å². The highest BCUT2D eigenvalue weighted by Crippen LogP contribution is 2.20. The molecule has 1 aromatic rings. The van der Waals surface area contributed by atoms with Crippen LogP contribution in [-0.2, 0) is 11.2 Å². The molecule has 5 heteroatoms. The van der Waals surface area contributed by atoms with Crippen LogP contribution in [-0.4, -0.2) is 36.3 Å². The summed E-state index contributed by atoms with van der Waals surface area (Å²) in [5.74, 6) is 2.69. The molecule has 0 bridgehead atoms. The van der Waals surface area contributed by atoms with E-state index in [1.165, 1.54) is 0 Å². The van der Waals surface area contributed by atoms with Crippen molar-refractivity contribution < 1.29 is 4.74 Å². The molecular weight excluding hydrogens is 240 g/mol. The van der Waals surface area contributed by atoms with Gasteiger partial charge in [-0.15, -0.1) is 0 Å². The zero-order valence-corrected chi connectivity index (χ0v) is 12.7. The molecule has 0 aliphatic heterocycles. The molecule has 0 saturated heterocycles. The van der Waals surface area contributed by atoms with Crippen molar-refractivity contribution in [3.63, 3.8) is 0 Å². The lowest BCUT2D eigenvalue weighted by molar-refractivity contribution is 0.128. The Labute approximate surface area is 116 Å². The number of hydrogen-bond donors (Lipinski definition) is 2. The predicted octanol–water partition coefficient (Wildman–Crippen LogP) is 2.62. The number of nitrogens with zero attached hydrogens (tertiary/aromatic N) is 2. The van der Waals surface area contributed by atoms with Crippen molar-refractivity contribution in [1.29, 1.82) is 0 Å². The molecule has 5 nitrogen and oxygen atoms in total. The van der Waals surface area contributed by atoms with E-state index in [0.717, 1.165) is 49.0 Å². The summed E-state index contributed by atoms with van der Waals surface area (Å²) in [6.45, 7) is 9.94. The maximum atomic E-state index is 5.24. The van der Waals surface area contributed by atoms with E-state index in [9.17, 15) is 0 Å². The molecule has 0 aliphatic carbocycles. The van der Waals surface area contributed by atoms with Crippen LogP contribution in [0.1, 0.15) is 38.6 Å². The second-order valence-electron chi connectivity index (χ2n) is 4.67. The molecule has 2 N–H and O–H groups in total. The van der Waals surface area contributed by atoms with Crippen molar-refractivity contribution in [2.75, 3.05) is 30.8 Å². The van der Waals surface area contributed by atoms with Gasteiger partial charge in [-0.05, 0) is 20.3 Å². The Morgan fingerprint density at radius 3 is 2.32 bits per heavy atom. The molecule has 19 heavy (non-hydrogen) atoms. The largest absolute Gasteiger partial charge is 0.380 e. The fourth-order valence-electron chi connectivity index (χ4n) is 1.63. The quantitative estimate of drug-likeness (QED) is 0.757. The predicted molar refractivity (Wildman–Crippen MR) is 79.9 cm³/mol. The van der Waals surface area contributed by atoms with E-state index >= 15 is 0 Å². The summed E-state index contributed by atoms with van der Waals surface area (Å²) in [7, 11) is 1.71. The summed E-state index contributed by atoms with van der Waals surface area (Å²) in [4.78, 5) is 9.09.